The van der Waals surface area contributed by atoms with Crippen molar-refractivity contribution in [2.75, 3.05) is 0 Å². The molecule has 1 aromatic carbocycles. The molecule has 5 nitrogen and oxygen atoms in total. The van der Waals surface area contributed by atoms with Gasteiger partial charge in [0.15, 0.2) is 5.16 Å². The van der Waals surface area contributed by atoms with E-state index in [0.717, 1.165) is 19.3 Å². The van der Waals surface area contributed by atoms with Gasteiger partial charge in [-0.1, -0.05) is 37.2 Å². The molecule has 140 valence electrons. The van der Waals surface area contributed by atoms with Crippen LogP contribution in [0.4, 0.5) is 0 Å². The van der Waals surface area contributed by atoms with Crippen LogP contribution >= 0.6 is 23.4 Å². The molecule has 1 fully saturated rings. The number of thioether (sulfide) groups is 1. The van der Waals surface area contributed by atoms with Crippen molar-refractivity contribution in [1.29, 1.82) is 0 Å². The largest absolute Gasteiger partial charge is 0.352 e. The predicted octanol–water partition coefficient (Wildman–Crippen LogP) is 3.86. The second kappa shape index (κ2) is 8.01. The van der Waals surface area contributed by atoms with Gasteiger partial charge in [-0.05, 0) is 50.3 Å². The summed E-state index contributed by atoms with van der Waals surface area (Å²) in [5.41, 5.74) is 0.491. The molecule has 1 unspecified atom stereocenters. The summed E-state index contributed by atoms with van der Waals surface area (Å²) in [6.45, 7) is 6.68. The zero-order valence-electron chi connectivity index (χ0n) is 15.3. The molecule has 1 heterocycles. The standard InChI is InChI=1S/C19H24ClN3O2S/c1-11(2)8-9-23-18(25)15-7-4-13(20)10-16(15)22-19(23)26-12(3)17(24)21-14-5-6-14/h4,7,10-12,14H,5-6,8-9H2,1-3H3,(H,21,24). The van der Waals surface area contributed by atoms with Gasteiger partial charge in [-0.3, -0.25) is 14.2 Å². The van der Waals surface area contributed by atoms with Crippen LogP contribution in [0.1, 0.15) is 40.0 Å². The van der Waals surface area contributed by atoms with Crippen molar-refractivity contribution in [3.8, 4) is 0 Å². The second-order valence-electron chi connectivity index (χ2n) is 7.24. The number of hydrogen-bond donors (Lipinski definition) is 1. The first-order chi connectivity index (χ1) is 12.3. The molecule has 0 saturated heterocycles. The lowest BCUT2D eigenvalue weighted by Crippen LogP contribution is -2.33. The van der Waals surface area contributed by atoms with Crippen molar-refractivity contribution in [3.63, 3.8) is 0 Å². The minimum Gasteiger partial charge on any atom is -0.352 e. The third-order valence-corrected chi connectivity index (χ3v) is 5.71. The normalized spacial score (nSPS) is 15.4. The van der Waals surface area contributed by atoms with Crippen LogP contribution in [0.5, 0.6) is 0 Å². The van der Waals surface area contributed by atoms with E-state index in [1.54, 1.807) is 22.8 Å². The molecule has 1 saturated carbocycles. The third kappa shape index (κ3) is 4.60. The number of benzene rings is 1. The summed E-state index contributed by atoms with van der Waals surface area (Å²) >= 11 is 7.40. The first kappa shape index (κ1) is 19.2. The fourth-order valence-electron chi connectivity index (χ4n) is 2.61. The summed E-state index contributed by atoms with van der Waals surface area (Å²) < 4.78 is 1.70. The van der Waals surface area contributed by atoms with Gasteiger partial charge in [-0.25, -0.2) is 4.98 Å². The van der Waals surface area contributed by atoms with Gasteiger partial charge in [-0.2, -0.15) is 0 Å². The zero-order valence-corrected chi connectivity index (χ0v) is 16.9. The predicted molar refractivity (Wildman–Crippen MR) is 107 cm³/mol. The monoisotopic (exact) mass is 393 g/mol. The zero-order chi connectivity index (χ0) is 18.8. The van der Waals surface area contributed by atoms with Gasteiger partial charge in [0.2, 0.25) is 5.91 Å². The number of halogens is 1. The molecule has 1 amide bonds. The number of fused-ring (bicyclic) bond motifs is 1. The maximum Gasteiger partial charge on any atom is 0.262 e. The summed E-state index contributed by atoms with van der Waals surface area (Å²) in [4.78, 5) is 29.9. The number of carbonyl (C=O) groups is 1. The third-order valence-electron chi connectivity index (χ3n) is 4.39. The van der Waals surface area contributed by atoms with Crippen molar-refractivity contribution in [2.45, 2.75) is 63.0 Å². The van der Waals surface area contributed by atoms with Crippen LogP contribution in [0.25, 0.3) is 10.9 Å². The van der Waals surface area contributed by atoms with E-state index < -0.39 is 0 Å². The van der Waals surface area contributed by atoms with E-state index in [2.05, 4.69) is 24.1 Å². The van der Waals surface area contributed by atoms with Crippen LogP contribution in [-0.2, 0) is 11.3 Å². The maximum atomic E-state index is 13.0. The van der Waals surface area contributed by atoms with Gasteiger partial charge in [0.1, 0.15) is 0 Å². The Bertz CT molecular complexity index is 877. The average molecular weight is 394 g/mol. The molecule has 0 radical (unpaired) electrons. The van der Waals surface area contributed by atoms with Gasteiger partial charge < -0.3 is 5.32 Å². The van der Waals surface area contributed by atoms with E-state index in [4.69, 9.17) is 11.6 Å². The van der Waals surface area contributed by atoms with E-state index in [9.17, 15) is 9.59 Å². The Morgan fingerprint density at radius 3 is 2.77 bits per heavy atom. The van der Waals surface area contributed by atoms with Crippen LogP contribution in [0.3, 0.4) is 0 Å². The van der Waals surface area contributed by atoms with E-state index >= 15 is 0 Å². The van der Waals surface area contributed by atoms with Crippen molar-refractivity contribution < 1.29 is 4.79 Å². The van der Waals surface area contributed by atoms with Crippen molar-refractivity contribution in [2.24, 2.45) is 5.92 Å². The van der Waals surface area contributed by atoms with Gasteiger partial charge in [0.25, 0.3) is 5.56 Å². The highest BCUT2D eigenvalue weighted by Gasteiger charge is 2.27. The van der Waals surface area contributed by atoms with Crippen LogP contribution in [0.2, 0.25) is 5.02 Å². The Morgan fingerprint density at radius 1 is 1.38 bits per heavy atom. The summed E-state index contributed by atoms with van der Waals surface area (Å²) in [5.74, 6) is 0.463. The van der Waals surface area contributed by atoms with Gasteiger partial charge in [0.05, 0.1) is 16.2 Å². The Balaban J connectivity index is 1.95. The molecule has 1 aliphatic rings. The average Bonchev–Trinajstić information content (AvgIpc) is 3.37. The van der Waals surface area contributed by atoms with E-state index in [1.807, 2.05) is 6.92 Å². The molecule has 3 rings (SSSR count). The molecular formula is C19H24ClN3O2S. The molecule has 26 heavy (non-hydrogen) atoms. The Hall–Kier alpha value is -1.53. The summed E-state index contributed by atoms with van der Waals surface area (Å²) in [6.07, 6.45) is 2.97. The summed E-state index contributed by atoms with van der Waals surface area (Å²) in [5, 5.41) is 4.36. The van der Waals surface area contributed by atoms with Crippen LogP contribution in [0.15, 0.2) is 28.2 Å². The lowest BCUT2D eigenvalue weighted by molar-refractivity contribution is -0.120. The van der Waals surface area contributed by atoms with Crippen molar-refractivity contribution in [3.05, 3.63) is 33.6 Å². The lowest BCUT2D eigenvalue weighted by atomic mass is 10.1. The Morgan fingerprint density at radius 2 is 2.12 bits per heavy atom. The Kier molecular flexibility index (Phi) is 5.92. The summed E-state index contributed by atoms with van der Waals surface area (Å²) in [7, 11) is 0. The van der Waals surface area contributed by atoms with E-state index in [0.29, 0.717) is 39.6 Å². The fraction of sp³-hybridized carbons (Fsp3) is 0.526. The van der Waals surface area contributed by atoms with E-state index in [-0.39, 0.29) is 16.7 Å². The molecule has 0 spiro atoms. The molecule has 1 aromatic heterocycles. The van der Waals surface area contributed by atoms with Crippen LogP contribution in [-0.4, -0.2) is 26.8 Å². The number of carbonyl (C=O) groups excluding carboxylic acids is 1. The first-order valence-electron chi connectivity index (χ1n) is 9.02. The Labute approximate surface area is 162 Å². The highest BCUT2D eigenvalue weighted by atomic mass is 35.5. The maximum absolute atomic E-state index is 13.0. The molecule has 1 N–H and O–H groups in total. The minimum atomic E-state index is -0.315. The lowest BCUT2D eigenvalue weighted by Gasteiger charge is -2.17. The van der Waals surface area contributed by atoms with Gasteiger partial charge >= 0.3 is 0 Å². The molecule has 1 atom stereocenters. The van der Waals surface area contributed by atoms with E-state index in [1.165, 1.54) is 11.8 Å². The molecular weight excluding hydrogens is 370 g/mol. The fourth-order valence-corrected chi connectivity index (χ4v) is 3.72. The number of aromatic nitrogens is 2. The molecule has 1 aliphatic carbocycles. The molecule has 0 bridgehead atoms. The quantitative estimate of drug-likeness (QED) is 0.573. The molecule has 2 aromatic rings. The summed E-state index contributed by atoms with van der Waals surface area (Å²) in [6, 6.07) is 5.44. The number of rotatable bonds is 7. The number of amides is 1. The second-order valence-corrected chi connectivity index (χ2v) is 8.98. The highest BCUT2D eigenvalue weighted by molar-refractivity contribution is 8.00. The van der Waals surface area contributed by atoms with Crippen molar-refractivity contribution in [1.82, 2.24) is 14.9 Å². The van der Waals surface area contributed by atoms with Crippen LogP contribution in [0, 0.1) is 5.92 Å². The minimum absolute atomic E-state index is 0.00616. The SMILES string of the molecule is CC(C)CCn1c(SC(C)C(=O)NC2CC2)nc2cc(Cl)ccc2c1=O. The van der Waals surface area contributed by atoms with Gasteiger partial charge in [-0.15, -0.1) is 0 Å². The number of nitrogens with one attached hydrogen (secondary N) is 1. The van der Waals surface area contributed by atoms with Crippen LogP contribution < -0.4 is 10.9 Å². The highest BCUT2D eigenvalue weighted by Crippen LogP contribution is 2.26. The first-order valence-corrected chi connectivity index (χ1v) is 10.3. The smallest absolute Gasteiger partial charge is 0.262 e. The van der Waals surface area contributed by atoms with Gasteiger partial charge in [0, 0.05) is 17.6 Å². The molecule has 0 aliphatic heterocycles. The topological polar surface area (TPSA) is 64.0 Å². The number of nitrogens with zero attached hydrogens (tertiary/aromatic N) is 2. The number of hydrogen-bond acceptors (Lipinski definition) is 4. The molecule has 7 heteroatoms. The van der Waals surface area contributed by atoms with Crippen molar-refractivity contribution >= 4 is 40.2 Å².